The molecule has 0 aliphatic heterocycles. The molecule has 3 heteroatoms. The van der Waals surface area contributed by atoms with Crippen molar-refractivity contribution in [2.24, 2.45) is 0 Å². The van der Waals surface area contributed by atoms with Gasteiger partial charge >= 0.3 is 0 Å². The lowest BCUT2D eigenvalue weighted by Crippen LogP contribution is -1.92. The molecule has 0 aliphatic rings. The molecule has 0 radical (unpaired) electrons. The number of methoxy groups -OCH3 is 1. The minimum atomic E-state index is 0.452. The van der Waals surface area contributed by atoms with Crippen molar-refractivity contribution in [3.8, 4) is 5.75 Å². The number of rotatable bonds is 3. The average molecular weight is 225 g/mol. The Morgan fingerprint density at radius 3 is 2.53 bits per heavy atom. The minimum absolute atomic E-state index is 0.452. The van der Waals surface area contributed by atoms with E-state index < -0.39 is 0 Å². The number of ether oxygens (including phenoxy) is 1. The van der Waals surface area contributed by atoms with E-state index in [4.69, 9.17) is 16.3 Å². The van der Waals surface area contributed by atoms with Gasteiger partial charge in [0.25, 0.3) is 0 Å². The lowest BCUT2D eigenvalue weighted by atomic mass is 10.0. The third kappa shape index (κ3) is 2.60. The number of aryl methyl sites for hydroxylation is 2. The van der Waals surface area contributed by atoms with E-state index in [1.807, 2.05) is 26.0 Å². The molecule has 1 aromatic carbocycles. The first kappa shape index (κ1) is 11.8. The summed E-state index contributed by atoms with van der Waals surface area (Å²) < 4.78 is 5.19. The van der Waals surface area contributed by atoms with Gasteiger partial charge in [-0.1, -0.05) is 11.6 Å². The lowest BCUT2D eigenvalue weighted by Gasteiger charge is -2.10. The molecule has 80 valence electrons. The van der Waals surface area contributed by atoms with Crippen LogP contribution in [0, 0.1) is 13.8 Å². The Morgan fingerprint density at radius 1 is 1.33 bits per heavy atom. The summed E-state index contributed by atoms with van der Waals surface area (Å²) in [5.41, 5.74) is 2.85. The van der Waals surface area contributed by atoms with Crippen LogP contribution < -0.4 is 4.74 Å². The van der Waals surface area contributed by atoms with Crippen molar-refractivity contribution in [3.05, 3.63) is 34.9 Å². The maximum atomic E-state index is 10.3. The zero-order chi connectivity index (χ0) is 11.4. The molecule has 0 amide bonds. The van der Waals surface area contributed by atoms with E-state index >= 15 is 0 Å². The number of carbonyl (C=O) groups is 1. The molecule has 0 aromatic heterocycles. The van der Waals surface area contributed by atoms with Crippen molar-refractivity contribution in [1.29, 1.82) is 0 Å². The second-order valence-corrected chi connectivity index (χ2v) is 3.69. The fourth-order valence-corrected chi connectivity index (χ4v) is 1.67. The molecule has 0 unspecified atom stereocenters. The molecule has 0 spiro atoms. The first-order valence-electron chi connectivity index (χ1n) is 4.56. The monoisotopic (exact) mass is 224 g/mol. The van der Waals surface area contributed by atoms with Gasteiger partial charge in [0.15, 0.2) is 0 Å². The van der Waals surface area contributed by atoms with Crippen LogP contribution in [0.15, 0.2) is 18.2 Å². The van der Waals surface area contributed by atoms with E-state index in [9.17, 15) is 4.79 Å². The first-order chi connectivity index (χ1) is 7.10. The SMILES string of the molecule is COc1cc(C)c(C(Cl)=CC=O)cc1C. The zero-order valence-electron chi connectivity index (χ0n) is 9.00. The fraction of sp³-hybridized carbons (Fsp3) is 0.250. The minimum Gasteiger partial charge on any atom is -0.496 e. The van der Waals surface area contributed by atoms with Gasteiger partial charge in [-0.2, -0.15) is 0 Å². The van der Waals surface area contributed by atoms with Gasteiger partial charge < -0.3 is 4.74 Å². The molecule has 0 atom stereocenters. The molecule has 0 N–H and O–H groups in total. The van der Waals surface area contributed by atoms with Gasteiger partial charge in [-0.05, 0) is 48.7 Å². The van der Waals surface area contributed by atoms with Crippen LogP contribution in [0.4, 0.5) is 0 Å². The normalized spacial score (nSPS) is 11.3. The van der Waals surface area contributed by atoms with Crippen LogP contribution in [0.3, 0.4) is 0 Å². The van der Waals surface area contributed by atoms with Crippen molar-refractivity contribution in [2.75, 3.05) is 7.11 Å². The van der Waals surface area contributed by atoms with Crippen LogP contribution in [0.1, 0.15) is 16.7 Å². The molecule has 0 bridgehead atoms. The number of carbonyl (C=O) groups excluding carboxylic acids is 1. The van der Waals surface area contributed by atoms with Gasteiger partial charge in [-0.3, -0.25) is 4.79 Å². The van der Waals surface area contributed by atoms with Crippen LogP contribution in [0.25, 0.3) is 5.03 Å². The summed E-state index contributed by atoms with van der Waals surface area (Å²) in [6.07, 6.45) is 2.02. The summed E-state index contributed by atoms with van der Waals surface area (Å²) in [5, 5.41) is 0.452. The topological polar surface area (TPSA) is 26.3 Å². The van der Waals surface area contributed by atoms with Crippen molar-refractivity contribution in [3.63, 3.8) is 0 Å². The maximum Gasteiger partial charge on any atom is 0.144 e. The van der Waals surface area contributed by atoms with Crippen molar-refractivity contribution >= 4 is 22.9 Å². The molecular formula is C12H13ClO2. The average Bonchev–Trinajstić information content (AvgIpc) is 2.21. The standard InChI is InChI=1S/C12H13ClO2/c1-8-7-12(15-3)9(2)6-10(8)11(13)4-5-14/h4-7H,1-3H3. The Balaban J connectivity index is 3.27. The number of halogens is 1. The van der Waals surface area contributed by atoms with Crippen LogP contribution in [-0.4, -0.2) is 13.4 Å². The quantitative estimate of drug-likeness (QED) is 0.583. The van der Waals surface area contributed by atoms with Gasteiger partial charge in [0.1, 0.15) is 12.0 Å². The second-order valence-electron chi connectivity index (χ2n) is 3.29. The summed E-state index contributed by atoms with van der Waals surface area (Å²) >= 11 is 5.97. The highest BCUT2D eigenvalue weighted by atomic mass is 35.5. The summed E-state index contributed by atoms with van der Waals surface area (Å²) in [5.74, 6) is 0.826. The van der Waals surface area contributed by atoms with Crippen LogP contribution in [-0.2, 0) is 4.79 Å². The molecule has 15 heavy (non-hydrogen) atoms. The molecule has 0 saturated heterocycles. The third-order valence-electron chi connectivity index (χ3n) is 2.21. The van der Waals surface area contributed by atoms with Gasteiger partial charge in [-0.15, -0.1) is 0 Å². The highest BCUT2D eigenvalue weighted by Gasteiger charge is 2.07. The van der Waals surface area contributed by atoms with E-state index in [2.05, 4.69) is 0 Å². The Hall–Kier alpha value is -1.28. The lowest BCUT2D eigenvalue weighted by molar-refractivity contribution is -0.104. The van der Waals surface area contributed by atoms with E-state index in [0.29, 0.717) is 11.3 Å². The molecule has 1 aromatic rings. The molecular weight excluding hydrogens is 212 g/mol. The smallest absolute Gasteiger partial charge is 0.144 e. The molecule has 0 heterocycles. The molecule has 1 rings (SSSR count). The van der Waals surface area contributed by atoms with Crippen molar-refractivity contribution in [1.82, 2.24) is 0 Å². The second kappa shape index (κ2) is 4.99. The Bertz CT molecular complexity index is 408. The van der Waals surface area contributed by atoms with Crippen molar-refractivity contribution < 1.29 is 9.53 Å². The number of hydrogen-bond acceptors (Lipinski definition) is 2. The molecule has 0 fully saturated rings. The summed E-state index contributed by atoms with van der Waals surface area (Å²) in [4.78, 5) is 10.3. The summed E-state index contributed by atoms with van der Waals surface area (Å²) in [6.45, 7) is 3.87. The van der Waals surface area contributed by atoms with Crippen LogP contribution in [0.2, 0.25) is 0 Å². The van der Waals surface area contributed by atoms with E-state index in [-0.39, 0.29) is 0 Å². The fourth-order valence-electron chi connectivity index (χ4n) is 1.42. The Kier molecular flexibility index (Phi) is 3.92. The Labute approximate surface area is 94.5 Å². The number of aldehydes is 1. The third-order valence-corrected chi connectivity index (χ3v) is 2.54. The predicted octanol–water partition coefficient (Wildman–Crippen LogP) is 3.09. The molecule has 0 saturated carbocycles. The van der Waals surface area contributed by atoms with Gasteiger partial charge in [-0.25, -0.2) is 0 Å². The van der Waals surface area contributed by atoms with Gasteiger partial charge in [0.05, 0.1) is 12.1 Å². The van der Waals surface area contributed by atoms with Crippen LogP contribution >= 0.6 is 11.6 Å². The zero-order valence-corrected chi connectivity index (χ0v) is 9.76. The Morgan fingerprint density at radius 2 is 2.00 bits per heavy atom. The van der Waals surface area contributed by atoms with Crippen LogP contribution in [0.5, 0.6) is 5.75 Å². The molecule has 2 nitrogen and oxygen atoms in total. The van der Waals surface area contributed by atoms with E-state index in [0.717, 1.165) is 22.4 Å². The van der Waals surface area contributed by atoms with Gasteiger partial charge in [0, 0.05) is 0 Å². The predicted molar refractivity (Wildman–Crippen MR) is 62.4 cm³/mol. The van der Waals surface area contributed by atoms with Crippen molar-refractivity contribution in [2.45, 2.75) is 13.8 Å². The highest BCUT2D eigenvalue weighted by Crippen LogP contribution is 2.28. The maximum absolute atomic E-state index is 10.3. The summed E-state index contributed by atoms with van der Waals surface area (Å²) in [7, 11) is 1.63. The molecule has 0 aliphatic carbocycles. The van der Waals surface area contributed by atoms with Gasteiger partial charge in [0.2, 0.25) is 0 Å². The number of hydrogen-bond donors (Lipinski definition) is 0. The highest BCUT2D eigenvalue weighted by molar-refractivity contribution is 6.49. The largest absolute Gasteiger partial charge is 0.496 e. The summed E-state index contributed by atoms with van der Waals surface area (Å²) in [6, 6.07) is 3.82. The number of benzene rings is 1. The first-order valence-corrected chi connectivity index (χ1v) is 4.94. The van der Waals surface area contributed by atoms with E-state index in [1.165, 1.54) is 6.08 Å². The number of allylic oxidation sites excluding steroid dienone is 1. The van der Waals surface area contributed by atoms with E-state index in [1.54, 1.807) is 7.11 Å².